The third kappa shape index (κ3) is 4.15. The number of hydrogen-bond acceptors (Lipinski definition) is 4. The molecule has 1 amide bonds. The molecular formula is C18H23ClN4O2. The Hall–Kier alpha value is -2.02. The molecule has 1 aromatic heterocycles. The summed E-state index contributed by atoms with van der Waals surface area (Å²) in [6.07, 6.45) is 0.684. The van der Waals surface area contributed by atoms with Crippen molar-refractivity contribution in [2.45, 2.75) is 32.1 Å². The van der Waals surface area contributed by atoms with Gasteiger partial charge in [0.15, 0.2) is 0 Å². The van der Waals surface area contributed by atoms with E-state index in [-0.39, 0.29) is 23.7 Å². The molecule has 6 nitrogen and oxygen atoms in total. The van der Waals surface area contributed by atoms with Crippen LogP contribution in [0.5, 0.6) is 0 Å². The van der Waals surface area contributed by atoms with Crippen molar-refractivity contribution < 1.29 is 9.53 Å². The fourth-order valence-electron chi connectivity index (χ4n) is 2.99. The maximum Gasteiger partial charge on any atom is 0.270 e. The average molecular weight is 363 g/mol. The Morgan fingerprint density at radius 3 is 2.84 bits per heavy atom. The normalized spacial score (nSPS) is 20.4. The van der Waals surface area contributed by atoms with Crippen LogP contribution in [0.3, 0.4) is 0 Å². The zero-order valence-corrected chi connectivity index (χ0v) is 14.9. The Labute approximate surface area is 152 Å². The zero-order chi connectivity index (χ0) is 17.8. The van der Waals surface area contributed by atoms with Gasteiger partial charge in [0.25, 0.3) is 5.91 Å². The van der Waals surface area contributed by atoms with Gasteiger partial charge < -0.3 is 26.1 Å². The van der Waals surface area contributed by atoms with E-state index in [9.17, 15) is 4.79 Å². The topological polar surface area (TPSA) is 92.2 Å². The summed E-state index contributed by atoms with van der Waals surface area (Å²) in [7, 11) is 0. The van der Waals surface area contributed by atoms with Gasteiger partial charge in [0.1, 0.15) is 5.69 Å². The third-order valence-corrected chi connectivity index (χ3v) is 4.91. The van der Waals surface area contributed by atoms with Crippen LogP contribution in [0.25, 0.3) is 0 Å². The maximum absolute atomic E-state index is 12.6. The number of aryl methyl sites for hydroxylation is 1. The van der Waals surface area contributed by atoms with E-state index in [1.54, 1.807) is 6.92 Å². The first-order chi connectivity index (χ1) is 12.1. The van der Waals surface area contributed by atoms with Gasteiger partial charge in [0, 0.05) is 12.2 Å². The van der Waals surface area contributed by atoms with Crippen molar-refractivity contribution in [1.82, 2.24) is 15.6 Å². The molecule has 134 valence electrons. The second-order valence-corrected chi connectivity index (χ2v) is 6.64. The summed E-state index contributed by atoms with van der Waals surface area (Å²) in [4.78, 5) is 15.5. The molecular weight excluding hydrogens is 340 g/mol. The van der Waals surface area contributed by atoms with Gasteiger partial charge in [-0.15, -0.1) is 0 Å². The Morgan fingerprint density at radius 1 is 1.40 bits per heavy atom. The van der Waals surface area contributed by atoms with Crippen molar-refractivity contribution in [1.29, 1.82) is 0 Å². The number of hydrogen-bond donors (Lipinski definition) is 4. The molecule has 2 atom stereocenters. The second-order valence-electron chi connectivity index (χ2n) is 6.26. The van der Waals surface area contributed by atoms with E-state index < -0.39 is 0 Å². The van der Waals surface area contributed by atoms with Crippen molar-refractivity contribution in [2.75, 3.05) is 18.8 Å². The highest BCUT2D eigenvalue weighted by molar-refractivity contribution is 6.34. The van der Waals surface area contributed by atoms with Gasteiger partial charge in [-0.05, 0) is 25.5 Å². The minimum Gasteiger partial charge on any atom is -0.396 e. The number of aromatic nitrogens is 1. The van der Waals surface area contributed by atoms with E-state index in [2.05, 4.69) is 15.6 Å². The molecule has 0 unspecified atom stereocenters. The van der Waals surface area contributed by atoms with E-state index in [4.69, 9.17) is 22.1 Å². The van der Waals surface area contributed by atoms with Gasteiger partial charge in [-0.3, -0.25) is 4.79 Å². The number of halogens is 1. The van der Waals surface area contributed by atoms with Crippen LogP contribution >= 0.6 is 11.6 Å². The number of nitrogens with one attached hydrogen (secondary N) is 3. The van der Waals surface area contributed by atoms with Crippen LogP contribution in [0.1, 0.15) is 28.2 Å². The first-order valence-electron chi connectivity index (χ1n) is 8.37. The number of ether oxygens (including phenoxy) is 1. The number of rotatable bonds is 5. The molecule has 0 radical (unpaired) electrons. The minimum absolute atomic E-state index is 0.0840. The van der Waals surface area contributed by atoms with Gasteiger partial charge in [0.05, 0.1) is 29.5 Å². The summed E-state index contributed by atoms with van der Waals surface area (Å²) in [5.41, 5.74) is 8.30. The van der Waals surface area contributed by atoms with Crippen LogP contribution in [-0.4, -0.2) is 36.1 Å². The summed E-state index contributed by atoms with van der Waals surface area (Å²) < 4.78 is 6.03. The third-order valence-electron chi connectivity index (χ3n) is 4.42. The molecule has 1 aliphatic heterocycles. The van der Waals surface area contributed by atoms with E-state index >= 15 is 0 Å². The molecule has 7 heteroatoms. The highest BCUT2D eigenvalue weighted by Crippen LogP contribution is 2.26. The van der Waals surface area contributed by atoms with Crippen LogP contribution < -0.4 is 16.4 Å². The predicted molar refractivity (Wildman–Crippen MR) is 98.7 cm³/mol. The van der Waals surface area contributed by atoms with Crippen molar-refractivity contribution >= 4 is 23.2 Å². The number of piperidine rings is 1. The van der Waals surface area contributed by atoms with Crippen LogP contribution in [0.15, 0.2) is 30.3 Å². The number of nitrogen functional groups attached to an aromatic ring is 1. The van der Waals surface area contributed by atoms with Gasteiger partial charge in [-0.1, -0.05) is 41.9 Å². The van der Waals surface area contributed by atoms with Crippen molar-refractivity contribution in [3.8, 4) is 0 Å². The van der Waals surface area contributed by atoms with E-state index in [1.165, 1.54) is 0 Å². The Balaban J connectivity index is 1.64. The summed E-state index contributed by atoms with van der Waals surface area (Å²) in [6, 6.07) is 9.90. The highest BCUT2D eigenvalue weighted by Gasteiger charge is 2.29. The Kier molecular flexibility index (Phi) is 5.63. The lowest BCUT2D eigenvalue weighted by molar-refractivity contribution is 0.00358. The van der Waals surface area contributed by atoms with E-state index in [0.717, 1.165) is 18.5 Å². The number of anilines is 1. The molecule has 0 bridgehead atoms. The van der Waals surface area contributed by atoms with Crippen LogP contribution in [0.4, 0.5) is 5.69 Å². The Morgan fingerprint density at radius 2 is 2.16 bits per heavy atom. The number of nitrogens with two attached hydrogens (primary N) is 1. The van der Waals surface area contributed by atoms with Gasteiger partial charge in [0.2, 0.25) is 0 Å². The van der Waals surface area contributed by atoms with E-state index in [0.29, 0.717) is 29.6 Å². The first-order valence-corrected chi connectivity index (χ1v) is 8.74. The molecule has 1 saturated heterocycles. The molecule has 3 rings (SSSR count). The molecule has 1 fully saturated rings. The quantitative estimate of drug-likeness (QED) is 0.656. The fourth-order valence-corrected chi connectivity index (χ4v) is 3.13. The van der Waals surface area contributed by atoms with Gasteiger partial charge >= 0.3 is 0 Å². The molecule has 0 aliphatic carbocycles. The summed E-state index contributed by atoms with van der Waals surface area (Å²) in [5.74, 6) is -0.257. The lowest BCUT2D eigenvalue weighted by atomic mass is 10.0. The molecule has 2 aromatic rings. The maximum atomic E-state index is 12.6. The Bertz CT molecular complexity index is 732. The number of H-pyrrole nitrogens is 1. The minimum atomic E-state index is -0.257. The van der Waals surface area contributed by atoms with Crippen LogP contribution in [0.2, 0.25) is 5.02 Å². The van der Waals surface area contributed by atoms with Crippen LogP contribution in [0, 0.1) is 6.92 Å². The number of benzene rings is 1. The SMILES string of the molecule is Cc1[nH]c(C(=O)N[C@@H]2CCNC[C@@H]2OCc2ccccc2)c(N)c1Cl. The second kappa shape index (κ2) is 7.91. The molecule has 0 spiro atoms. The van der Waals surface area contributed by atoms with Crippen molar-refractivity contribution in [3.63, 3.8) is 0 Å². The lowest BCUT2D eigenvalue weighted by Crippen LogP contribution is -2.53. The summed E-state index contributed by atoms with van der Waals surface area (Å²) in [5, 5.41) is 6.73. The molecule has 1 aromatic carbocycles. The highest BCUT2D eigenvalue weighted by atomic mass is 35.5. The van der Waals surface area contributed by atoms with Crippen molar-refractivity contribution in [3.05, 3.63) is 52.3 Å². The molecule has 1 aliphatic rings. The predicted octanol–water partition coefficient (Wildman–Crippen LogP) is 2.24. The first kappa shape index (κ1) is 17.8. The van der Waals surface area contributed by atoms with E-state index in [1.807, 2.05) is 30.3 Å². The average Bonchev–Trinajstić information content (AvgIpc) is 2.89. The smallest absolute Gasteiger partial charge is 0.270 e. The van der Waals surface area contributed by atoms with Crippen LogP contribution in [-0.2, 0) is 11.3 Å². The molecule has 5 N–H and O–H groups in total. The fraction of sp³-hybridized carbons (Fsp3) is 0.389. The number of aromatic amines is 1. The monoisotopic (exact) mass is 362 g/mol. The van der Waals surface area contributed by atoms with Gasteiger partial charge in [-0.2, -0.15) is 0 Å². The number of carbonyl (C=O) groups is 1. The summed E-state index contributed by atoms with van der Waals surface area (Å²) in [6.45, 7) is 3.81. The molecule has 25 heavy (non-hydrogen) atoms. The van der Waals surface area contributed by atoms with Gasteiger partial charge in [-0.25, -0.2) is 0 Å². The summed E-state index contributed by atoms with van der Waals surface area (Å²) >= 11 is 6.06. The lowest BCUT2D eigenvalue weighted by Gasteiger charge is -2.32. The zero-order valence-electron chi connectivity index (χ0n) is 14.1. The molecule has 2 heterocycles. The largest absolute Gasteiger partial charge is 0.396 e. The standard InChI is InChI=1S/C18H23ClN4O2/c1-11-15(19)16(20)17(22-11)18(24)23-13-7-8-21-9-14(13)25-10-12-5-3-2-4-6-12/h2-6,13-14,21-22H,7-10,20H2,1H3,(H,23,24)/t13-,14+/m1/s1. The van der Waals surface area contributed by atoms with Crippen molar-refractivity contribution in [2.24, 2.45) is 0 Å². The number of carbonyl (C=O) groups excluding carboxylic acids is 1. The molecule has 0 saturated carbocycles. The number of amides is 1.